The zero-order chi connectivity index (χ0) is 8.63. The first-order valence-electron chi connectivity index (χ1n) is 5.49. The van der Waals surface area contributed by atoms with E-state index in [1.165, 1.54) is 25.7 Å². The van der Waals surface area contributed by atoms with Gasteiger partial charge in [0.05, 0.1) is 12.5 Å². The smallest absolute Gasteiger partial charge is 0.309 e. The van der Waals surface area contributed by atoms with E-state index in [1.54, 1.807) is 0 Å². The number of hydrogen-bond acceptors (Lipinski definition) is 2. The second kappa shape index (κ2) is 1.79. The quantitative estimate of drug-likeness (QED) is 0.527. The number of cyclic esters (lactones) is 1. The standard InChI is InChI=1S/C11H14O2/c12-10-9-6(5-13-10)7-1-2-8(9)11(7)3-4-11/h6-9H,1-5H2. The molecule has 4 atom stereocenters. The molecule has 4 unspecified atom stereocenters. The summed E-state index contributed by atoms with van der Waals surface area (Å²) in [6.45, 7) is 0.742. The highest BCUT2D eigenvalue weighted by atomic mass is 16.5. The van der Waals surface area contributed by atoms with Gasteiger partial charge in [-0.25, -0.2) is 0 Å². The van der Waals surface area contributed by atoms with Crippen LogP contribution in [0.25, 0.3) is 0 Å². The van der Waals surface area contributed by atoms with Crippen molar-refractivity contribution in [3.63, 3.8) is 0 Å². The fourth-order valence-corrected chi connectivity index (χ4v) is 4.65. The van der Waals surface area contributed by atoms with E-state index < -0.39 is 0 Å². The lowest BCUT2D eigenvalue weighted by atomic mass is 9.81. The zero-order valence-electron chi connectivity index (χ0n) is 7.66. The predicted molar refractivity (Wildman–Crippen MR) is 45.8 cm³/mol. The first kappa shape index (κ1) is 6.86. The van der Waals surface area contributed by atoms with E-state index in [2.05, 4.69) is 0 Å². The minimum atomic E-state index is 0.128. The van der Waals surface area contributed by atoms with Crippen LogP contribution in [0.5, 0.6) is 0 Å². The van der Waals surface area contributed by atoms with E-state index in [9.17, 15) is 4.79 Å². The van der Waals surface area contributed by atoms with Crippen LogP contribution in [0.3, 0.4) is 0 Å². The second-order valence-electron chi connectivity index (χ2n) is 5.34. The van der Waals surface area contributed by atoms with Crippen LogP contribution in [0.1, 0.15) is 25.7 Å². The molecule has 0 aromatic heterocycles. The SMILES string of the molecule is O=C1OCC2C1C1CCC2C12CC2. The van der Waals surface area contributed by atoms with Crippen LogP contribution in [-0.4, -0.2) is 12.6 Å². The van der Waals surface area contributed by atoms with E-state index in [0.29, 0.717) is 17.3 Å². The average molecular weight is 178 g/mol. The summed E-state index contributed by atoms with van der Waals surface area (Å²) in [4.78, 5) is 11.5. The van der Waals surface area contributed by atoms with Gasteiger partial charge in [-0.3, -0.25) is 4.79 Å². The molecule has 13 heavy (non-hydrogen) atoms. The molecule has 3 aliphatic carbocycles. The van der Waals surface area contributed by atoms with Gasteiger partial charge in [-0.1, -0.05) is 0 Å². The monoisotopic (exact) mass is 178 g/mol. The van der Waals surface area contributed by atoms with Crippen LogP contribution >= 0.6 is 0 Å². The molecule has 1 aliphatic heterocycles. The minimum Gasteiger partial charge on any atom is -0.465 e. The van der Waals surface area contributed by atoms with Gasteiger partial charge in [0.1, 0.15) is 0 Å². The Morgan fingerprint density at radius 1 is 1.23 bits per heavy atom. The molecule has 0 radical (unpaired) electrons. The highest BCUT2D eigenvalue weighted by molar-refractivity contribution is 5.76. The Morgan fingerprint density at radius 2 is 2.00 bits per heavy atom. The number of carbonyl (C=O) groups is 1. The summed E-state index contributed by atoms with van der Waals surface area (Å²) in [5.41, 5.74) is 0.648. The predicted octanol–water partition coefficient (Wildman–Crippen LogP) is 1.60. The number of ether oxygens (including phenoxy) is 1. The van der Waals surface area contributed by atoms with Crippen LogP contribution in [0.2, 0.25) is 0 Å². The van der Waals surface area contributed by atoms with Crippen molar-refractivity contribution in [3.8, 4) is 0 Å². The van der Waals surface area contributed by atoms with Crippen molar-refractivity contribution in [3.05, 3.63) is 0 Å². The molecule has 3 saturated carbocycles. The second-order valence-corrected chi connectivity index (χ2v) is 5.34. The molecular weight excluding hydrogens is 164 g/mol. The number of hydrogen-bond donors (Lipinski definition) is 0. The normalized spacial score (nSPS) is 54.0. The number of carbonyl (C=O) groups excluding carboxylic acids is 1. The first-order chi connectivity index (χ1) is 6.33. The number of fused-ring (bicyclic) bond motifs is 3. The Labute approximate surface area is 77.6 Å². The molecule has 1 spiro atoms. The van der Waals surface area contributed by atoms with E-state index >= 15 is 0 Å². The molecule has 2 heteroatoms. The summed E-state index contributed by atoms with van der Waals surface area (Å²) in [5.74, 6) is 2.64. The van der Waals surface area contributed by atoms with Gasteiger partial charge in [-0.05, 0) is 42.9 Å². The van der Waals surface area contributed by atoms with Gasteiger partial charge in [0, 0.05) is 5.92 Å². The maximum atomic E-state index is 11.5. The molecular formula is C11H14O2. The van der Waals surface area contributed by atoms with Crippen LogP contribution in [0.4, 0.5) is 0 Å². The fourth-order valence-electron chi connectivity index (χ4n) is 4.65. The third kappa shape index (κ3) is 0.570. The fraction of sp³-hybridized carbons (Fsp3) is 0.909. The molecule has 4 aliphatic rings. The maximum Gasteiger partial charge on any atom is 0.309 e. The van der Waals surface area contributed by atoms with Gasteiger partial charge < -0.3 is 4.74 Å². The molecule has 1 saturated heterocycles. The lowest BCUT2D eigenvalue weighted by Gasteiger charge is -2.18. The van der Waals surface area contributed by atoms with Crippen molar-refractivity contribution < 1.29 is 9.53 Å². The first-order valence-corrected chi connectivity index (χ1v) is 5.49. The van der Waals surface area contributed by atoms with Crippen LogP contribution in [-0.2, 0) is 9.53 Å². The minimum absolute atomic E-state index is 0.128. The average Bonchev–Trinajstić information content (AvgIpc) is 2.64. The summed E-state index contributed by atoms with van der Waals surface area (Å²) < 4.78 is 5.18. The molecule has 4 fully saturated rings. The molecule has 0 aromatic rings. The molecule has 0 aromatic carbocycles. The molecule has 2 bridgehead atoms. The van der Waals surface area contributed by atoms with E-state index in [-0.39, 0.29) is 5.97 Å². The highest BCUT2D eigenvalue weighted by Crippen LogP contribution is 2.75. The summed E-state index contributed by atoms with van der Waals surface area (Å²) in [7, 11) is 0. The van der Waals surface area contributed by atoms with Crippen molar-refractivity contribution in [2.75, 3.05) is 6.61 Å². The number of esters is 1. The Bertz CT molecular complexity index is 292. The summed E-state index contributed by atoms with van der Waals surface area (Å²) in [6.07, 6.45) is 5.49. The third-order valence-electron chi connectivity index (χ3n) is 5.19. The summed E-state index contributed by atoms with van der Waals surface area (Å²) >= 11 is 0. The van der Waals surface area contributed by atoms with Gasteiger partial charge >= 0.3 is 5.97 Å². The van der Waals surface area contributed by atoms with Crippen molar-refractivity contribution in [1.82, 2.24) is 0 Å². The third-order valence-corrected chi connectivity index (χ3v) is 5.19. The Hall–Kier alpha value is -0.530. The van der Waals surface area contributed by atoms with Crippen LogP contribution < -0.4 is 0 Å². The maximum absolute atomic E-state index is 11.5. The van der Waals surface area contributed by atoms with E-state index in [0.717, 1.165) is 18.4 Å². The lowest BCUT2D eigenvalue weighted by molar-refractivity contribution is -0.142. The number of rotatable bonds is 0. The molecule has 70 valence electrons. The topological polar surface area (TPSA) is 26.3 Å². The van der Waals surface area contributed by atoms with Crippen LogP contribution in [0.15, 0.2) is 0 Å². The highest BCUT2D eigenvalue weighted by Gasteiger charge is 2.71. The van der Waals surface area contributed by atoms with Crippen LogP contribution in [0, 0.1) is 29.1 Å². The van der Waals surface area contributed by atoms with Crippen molar-refractivity contribution in [1.29, 1.82) is 0 Å². The van der Waals surface area contributed by atoms with Gasteiger partial charge in [-0.2, -0.15) is 0 Å². The molecule has 1 heterocycles. The Balaban J connectivity index is 1.82. The summed E-state index contributed by atoms with van der Waals surface area (Å²) in [6, 6.07) is 0. The van der Waals surface area contributed by atoms with Crippen molar-refractivity contribution in [2.24, 2.45) is 29.1 Å². The van der Waals surface area contributed by atoms with Crippen molar-refractivity contribution >= 4 is 5.97 Å². The molecule has 4 rings (SSSR count). The lowest BCUT2D eigenvalue weighted by Crippen LogP contribution is -2.22. The van der Waals surface area contributed by atoms with Gasteiger partial charge in [-0.15, -0.1) is 0 Å². The van der Waals surface area contributed by atoms with E-state index in [4.69, 9.17) is 4.74 Å². The Kier molecular flexibility index (Phi) is 0.946. The largest absolute Gasteiger partial charge is 0.465 e. The van der Waals surface area contributed by atoms with Gasteiger partial charge in [0.25, 0.3) is 0 Å². The molecule has 0 amide bonds. The van der Waals surface area contributed by atoms with Crippen molar-refractivity contribution in [2.45, 2.75) is 25.7 Å². The Morgan fingerprint density at radius 3 is 2.69 bits per heavy atom. The summed E-state index contributed by atoms with van der Waals surface area (Å²) in [5, 5.41) is 0. The van der Waals surface area contributed by atoms with Gasteiger partial charge in [0.15, 0.2) is 0 Å². The van der Waals surface area contributed by atoms with E-state index in [1.807, 2.05) is 0 Å². The molecule has 2 nitrogen and oxygen atoms in total. The zero-order valence-corrected chi connectivity index (χ0v) is 7.66. The van der Waals surface area contributed by atoms with Gasteiger partial charge in [0.2, 0.25) is 0 Å². The molecule has 0 N–H and O–H groups in total.